The van der Waals surface area contributed by atoms with Gasteiger partial charge in [0.05, 0.1) is 4.92 Å². The molecule has 10 nitrogen and oxygen atoms in total. The summed E-state index contributed by atoms with van der Waals surface area (Å²) in [7, 11) is 0. The van der Waals surface area contributed by atoms with Crippen molar-refractivity contribution in [1.29, 1.82) is 0 Å². The lowest BCUT2D eigenvalue weighted by atomic mass is 9.88. The number of nitrogens with zero attached hydrogens (tertiary/aromatic N) is 3. The fourth-order valence-electron chi connectivity index (χ4n) is 5.31. The summed E-state index contributed by atoms with van der Waals surface area (Å²) in [5.74, 6) is 1.02. The van der Waals surface area contributed by atoms with Gasteiger partial charge in [0.2, 0.25) is 5.91 Å². The molecule has 0 spiro atoms. The van der Waals surface area contributed by atoms with E-state index in [2.05, 4.69) is 10.2 Å². The van der Waals surface area contributed by atoms with Gasteiger partial charge in [0.15, 0.2) is 0 Å². The Morgan fingerprint density at radius 3 is 2.22 bits per heavy atom. The number of halogens is 3. The molecule has 0 saturated carbocycles. The number of aryl methyl sites for hydroxylation is 1. The summed E-state index contributed by atoms with van der Waals surface area (Å²) in [4.78, 5) is 39.0. The van der Waals surface area contributed by atoms with Crippen LogP contribution in [0.15, 0.2) is 60.7 Å². The highest BCUT2D eigenvalue weighted by atomic mass is 35.5. The Hall–Kier alpha value is -3.57. The maximum atomic E-state index is 12.6. The van der Waals surface area contributed by atoms with E-state index in [4.69, 9.17) is 44.3 Å². The van der Waals surface area contributed by atoms with Gasteiger partial charge in [-0.1, -0.05) is 46.9 Å². The molecule has 2 heterocycles. The summed E-state index contributed by atoms with van der Waals surface area (Å²) in [5, 5.41) is 15.2. The number of likely N-dealkylation sites (tertiary alicyclic amines) is 2. The molecule has 0 bridgehead atoms. The van der Waals surface area contributed by atoms with Gasteiger partial charge in [-0.3, -0.25) is 19.8 Å². The number of nitro groups is 1. The molecule has 5 rings (SSSR count). The lowest BCUT2D eigenvalue weighted by Crippen LogP contribution is -2.44. The Kier molecular flexibility index (Phi) is 13.3. The van der Waals surface area contributed by atoms with Gasteiger partial charge in [0.25, 0.3) is 5.69 Å². The molecule has 0 atom stereocenters. The minimum atomic E-state index is -0.797. The van der Waals surface area contributed by atoms with E-state index in [1.54, 1.807) is 11.0 Å². The minimum Gasteiger partial charge on any atom is -0.492 e. The van der Waals surface area contributed by atoms with E-state index in [0.29, 0.717) is 29.7 Å². The van der Waals surface area contributed by atoms with E-state index in [9.17, 15) is 19.7 Å². The first-order chi connectivity index (χ1) is 22.1. The van der Waals surface area contributed by atoms with Crippen molar-refractivity contribution in [3.05, 3.63) is 97.0 Å². The van der Waals surface area contributed by atoms with E-state index in [1.165, 1.54) is 37.1 Å². The van der Waals surface area contributed by atoms with E-state index in [0.717, 1.165) is 54.4 Å². The average molecular weight is 692 g/mol. The highest BCUT2D eigenvalue weighted by Gasteiger charge is 2.26. The summed E-state index contributed by atoms with van der Waals surface area (Å²) in [5.41, 5.74) is 2.06. The van der Waals surface area contributed by atoms with Crippen molar-refractivity contribution in [2.24, 2.45) is 0 Å². The van der Waals surface area contributed by atoms with Crippen LogP contribution in [0.1, 0.15) is 42.7 Å². The van der Waals surface area contributed by atoms with Crippen molar-refractivity contribution < 1.29 is 24.0 Å². The first-order valence-electron chi connectivity index (χ1n) is 15.1. The molecule has 0 radical (unpaired) electrons. The standard InChI is InChI=1S/C26H31ClN4O6.C7H6Cl2/c27-20-3-8-23(24(17-20)36-16-15-29-11-1-2-12-29)19-9-13-30(14-10-19)25(32)18-28-26(33)37-22-6-4-21(5-7-22)31(34)35;1-5-2-3-6(8)4-7(5)9/h3-8,17,19H,1-2,9-16,18H2,(H,28,33);2-4H,1H3. The van der Waals surface area contributed by atoms with Crippen LogP contribution in [-0.4, -0.2) is 72.6 Å². The summed E-state index contributed by atoms with van der Waals surface area (Å²) >= 11 is 17.6. The van der Waals surface area contributed by atoms with Crippen LogP contribution >= 0.6 is 34.8 Å². The zero-order chi connectivity index (χ0) is 33.1. The number of ether oxygens (including phenoxy) is 2. The molecular formula is C33H37Cl3N4O6. The molecule has 1 N–H and O–H groups in total. The summed E-state index contributed by atoms with van der Waals surface area (Å²) in [6.07, 6.45) is 3.26. The maximum Gasteiger partial charge on any atom is 0.413 e. The molecular weight excluding hydrogens is 655 g/mol. The Balaban J connectivity index is 0.000000459. The number of carbonyl (C=O) groups is 2. The lowest BCUT2D eigenvalue weighted by molar-refractivity contribution is -0.384. The van der Waals surface area contributed by atoms with Crippen LogP contribution in [0.2, 0.25) is 15.1 Å². The molecule has 2 amide bonds. The largest absolute Gasteiger partial charge is 0.492 e. The second kappa shape index (κ2) is 17.4. The predicted molar refractivity (Wildman–Crippen MR) is 179 cm³/mol. The smallest absolute Gasteiger partial charge is 0.413 e. The number of benzene rings is 3. The lowest BCUT2D eigenvalue weighted by Gasteiger charge is -2.33. The number of piperidine rings is 1. The molecule has 0 aliphatic carbocycles. The molecule has 3 aromatic rings. The molecule has 0 aromatic heterocycles. The highest BCUT2D eigenvalue weighted by molar-refractivity contribution is 6.35. The quantitative estimate of drug-likeness (QED) is 0.182. The Labute approximate surface area is 283 Å². The van der Waals surface area contributed by atoms with E-state index < -0.39 is 11.0 Å². The third-order valence-corrected chi connectivity index (χ3v) is 8.78. The number of nitro benzene ring substituents is 1. The molecule has 13 heteroatoms. The maximum absolute atomic E-state index is 12.6. The fourth-order valence-corrected chi connectivity index (χ4v) is 5.88. The van der Waals surface area contributed by atoms with E-state index >= 15 is 0 Å². The third kappa shape index (κ3) is 10.8. The van der Waals surface area contributed by atoms with Gasteiger partial charge in [-0.05, 0) is 99.1 Å². The number of rotatable bonds is 9. The van der Waals surface area contributed by atoms with Crippen LogP contribution in [-0.2, 0) is 4.79 Å². The van der Waals surface area contributed by atoms with E-state index in [1.807, 2.05) is 37.3 Å². The number of hydrogen-bond donors (Lipinski definition) is 1. The first kappa shape index (κ1) is 35.3. The van der Waals surface area contributed by atoms with Gasteiger partial charge in [-0.15, -0.1) is 0 Å². The van der Waals surface area contributed by atoms with Crippen molar-refractivity contribution in [3.63, 3.8) is 0 Å². The van der Waals surface area contributed by atoms with Crippen molar-refractivity contribution >= 4 is 52.5 Å². The first-order valence-corrected chi connectivity index (χ1v) is 16.3. The number of carbonyl (C=O) groups excluding carboxylic acids is 2. The predicted octanol–water partition coefficient (Wildman–Crippen LogP) is 7.52. The van der Waals surface area contributed by atoms with Crippen LogP contribution in [0.3, 0.4) is 0 Å². The molecule has 2 saturated heterocycles. The summed E-state index contributed by atoms with van der Waals surface area (Å²) in [6.45, 7) is 6.66. The van der Waals surface area contributed by atoms with Crippen molar-refractivity contribution in [3.8, 4) is 11.5 Å². The van der Waals surface area contributed by atoms with E-state index in [-0.39, 0.29) is 29.8 Å². The SMILES string of the molecule is Cc1ccc(Cl)cc1Cl.O=C(NCC(=O)N1CCC(c2ccc(Cl)cc2OCCN2CCCC2)CC1)Oc1ccc([N+](=O)[O-])cc1. The number of nitrogens with one attached hydrogen (secondary N) is 1. The Morgan fingerprint density at radius 1 is 0.935 bits per heavy atom. The van der Waals surface area contributed by atoms with Gasteiger partial charge in [0.1, 0.15) is 24.7 Å². The van der Waals surface area contributed by atoms with Gasteiger partial charge >= 0.3 is 6.09 Å². The summed E-state index contributed by atoms with van der Waals surface area (Å²) < 4.78 is 11.2. The third-order valence-electron chi connectivity index (χ3n) is 7.90. The minimum absolute atomic E-state index is 0.106. The Morgan fingerprint density at radius 2 is 1.59 bits per heavy atom. The van der Waals surface area contributed by atoms with Crippen LogP contribution in [0.5, 0.6) is 11.5 Å². The molecule has 2 fully saturated rings. The normalized spacial score (nSPS) is 15.1. The van der Waals surface area contributed by atoms with Crippen molar-refractivity contribution in [2.75, 3.05) is 45.9 Å². The van der Waals surface area contributed by atoms with Crippen LogP contribution in [0.4, 0.5) is 10.5 Å². The zero-order valence-electron chi connectivity index (χ0n) is 25.6. The van der Waals surface area contributed by atoms with Gasteiger partial charge in [-0.2, -0.15) is 0 Å². The highest BCUT2D eigenvalue weighted by Crippen LogP contribution is 2.36. The van der Waals surface area contributed by atoms with Crippen LogP contribution < -0.4 is 14.8 Å². The van der Waals surface area contributed by atoms with Crippen molar-refractivity contribution in [2.45, 2.75) is 38.5 Å². The average Bonchev–Trinajstić information content (AvgIpc) is 3.56. The monoisotopic (exact) mass is 690 g/mol. The van der Waals surface area contributed by atoms with Gasteiger partial charge in [0, 0.05) is 46.8 Å². The molecule has 2 aliphatic rings. The fraction of sp³-hybridized carbons (Fsp3) is 0.394. The topological polar surface area (TPSA) is 114 Å². The molecule has 246 valence electrons. The van der Waals surface area contributed by atoms with Crippen LogP contribution in [0, 0.1) is 17.0 Å². The van der Waals surface area contributed by atoms with Crippen LogP contribution in [0.25, 0.3) is 0 Å². The molecule has 0 unspecified atom stereocenters. The molecule has 3 aromatic carbocycles. The summed E-state index contributed by atoms with van der Waals surface area (Å²) in [6, 6.07) is 16.3. The number of hydrogen-bond acceptors (Lipinski definition) is 7. The van der Waals surface area contributed by atoms with Crippen molar-refractivity contribution in [1.82, 2.24) is 15.1 Å². The van der Waals surface area contributed by atoms with Gasteiger partial charge in [-0.25, -0.2) is 4.79 Å². The number of non-ortho nitro benzene ring substituents is 1. The number of amides is 2. The second-order valence-corrected chi connectivity index (χ2v) is 12.4. The zero-order valence-corrected chi connectivity index (χ0v) is 27.8. The Bertz CT molecular complexity index is 1490. The van der Waals surface area contributed by atoms with Gasteiger partial charge < -0.3 is 19.7 Å². The second-order valence-electron chi connectivity index (χ2n) is 11.1. The molecule has 2 aliphatic heterocycles. The molecule has 46 heavy (non-hydrogen) atoms.